The molecular weight excluding hydrogens is 409 g/mol. The van der Waals surface area contributed by atoms with Crippen molar-refractivity contribution in [2.24, 2.45) is 0 Å². The van der Waals surface area contributed by atoms with Gasteiger partial charge in [0.1, 0.15) is 5.75 Å². The van der Waals surface area contributed by atoms with E-state index in [1.54, 1.807) is 7.11 Å². The molecule has 0 aliphatic carbocycles. The molecule has 31 heavy (non-hydrogen) atoms. The number of methoxy groups -OCH3 is 1. The van der Waals surface area contributed by atoms with Crippen LogP contribution in [0.5, 0.6) is 5.75 Å². The van der Waals surface area contributed by atoms with Crippen LogP contribution < -0.4 is 10.1 Å². The van der Waals surface area contributed by atoms with E-state index in [9.17, 15) is 18.0 Å². The fourth-order valence-corrected chi connectivity index (χ4v) is 3.42. The molecule has 1 saturated heterocycles. The number of morpholine rings is 1. The van der Waals surface area contributed by atoms with Gasteiger partial charge in [-0.1, -0.05) is 24.3 Å². The summed E-state index contributed by atoms with van der Waals surface area (Å²) in [6.45, 7) is 3.09. The number of ether oxygens (including phenoxy) is 2. The van der Waals surface area contributed by atoms with Gasteiger partial charge in [-0.15, -0.1) is 0 Å². The van der Waals surface area contributed by atoms with E-state index in [0.29, 0.717) is 25.3 Å². The number of carbonyl (C=O) groups is 1. The molecule has 1 unspecified atom stereocenters. The quantitative estimate of drug-likeness (QED) is 0.672. The van der Waals surface area contributed by atoms with E-state index >= 15 is 0 Å². The average molecular weight is 434 g/mol. The zero-order valence-corrected chi connectivity index (χ0v) is 17.2. The molecule has 1 N–H and O–H groups in total. The first kappa shape index (κ1) is 22.8. The largest absolute Gasteiger partial charge is 0.497 e. The van der Waals surface area contributed by atoms with Crippen molar-refractivity contribution in [1.82, 2.24) is 10.2 Å². The summed E-state index contributed by atoms with van der Waals surface area (Å²) in [4.78, 5) is 14.6. The average Bonchev–Trinajstić information content (AvgIpc) is 2.78. The minimum Gasteiger partial charge on any atom is -0.497 e. The Kier molecular flexibility index (Phi) is 7.70. The Balaban J connectivity index is 1.66. The van der Waals surface area contributed by atoms with Crippen LogP contribution in [0.25, 0.3) is 6.08 Å². The highest BCUT2D eigenvalue weighted by Gasteiger charge is 2.30. The van der Waals surface area contributed by atoms with Gasteiger partial charge in [-0.2, -0.15) is 13.2 Å². The highest BCUT2D eigenvalue weighted by Crippen LogP contribution is 2.29. The van der Waals surface area contributed by atoms with Crippen LogP contribution in [0.2, 0.25) is 0 Å². The standard InChI is InChI=1S/C23H25F3N2O3/c1-30-20-8-6-18(7-9-20)21(28-11-13-31-14-12-28)16-27-22(29)10-5-17-3-2-4-19(15-17)23(24,25)26/h2-10,15,21H,11-14,16H2,1H3,(H,27,29)/b10-5+. The molecule has 0 radical (unpaired) electrons. The molecule has 8 heteroatoms. The molecule has 2 aromatic rings. The van der Waals surface area contributed by atoms with Crippen LogP contribution in [0.3, 0.4) is 0 Å². The van der Waals surface area contributed by atoms with Gasteiger partial charge in [0, 0.05) is 25.7 Å². The molecule has 0 spiro atoms. The smallest absolute Gasteiger partial charge is 0.416 e. The Morgan fingerprint density at radius 1 is 1.19 bits per heavy atom. The van der Waals surface area contributed by atoms with Crippen LogP contribution >= 0.6 is 0 Å². The lowest BCUT2D eigenvalue weighted by molar-refractivity contribution is -0.137. The number of hydrogen-bond donors (Lipinski definition) is 1. The zero-order chi connectivity index (χ0) is 22.3. The van der Waals surface area contributed by atoms with Gasteiger partial charge in [0.05, 0.1) is 31.9 Å². The molecule has 0 aromatic heterocycles. The van der Waals surface area contributed by atoms with Crippen LogP contribution in [-0.2, 0) is 15.7 Å². The lowest BCUT2D eigenvalue weighted by Gasteiger charge is -2.34. The van der Waals surface area contributed by atoms with Gasteiger partial charge in [-0.25, -0.2) is 0 Å². The number of halogens is 3. The van der Waals surface area contributed by atoms with Crippen LogP contribution in [0, 0.1) is 0 Å². The van der Waals surface area contributed by atoms with Crippen molar-refractivity contribution in [3.05, 3.63) is 71.3 Å². The van der Waals surface area contributed by atoms with Gasteiger partial charge in [0.2, 0.25) is 5.91 Å². The van der Waals surface area contributed by atoms with E-state index in [4.69, 9.17) is 9.47 Å². The van der Waals surface area contributed by atoms with Crippen molar-refractivity contribution in [3.8, 4) is 5.75 Å². The summed E-state index contributed by atoms with van der Waals surface area (Å²) in [6.07, 6.45) is -1.79. The molecule has 1 aliphatic heterocycles. The SMILES string of the molecule is COc1ccc(C(CNC(=O)/C=C/c2cccc(C(F)(F)F)c2)N2CCOCC2)cc1. The fraction of sp³-hybridized carbons (Fsp3) is 0.348. The summed E-state index contributed by atoms with van der Waals surface area (Å²) in [5, 5.41) is 2.86. The first-order chi connectivity index (χ1) is 14.9. The van der Waals surface area contributed by atoms with E-state index in [2.05, 4.69) is 10.2 Å². The summed E-state index contributed by atoms with van der Waals surface area (Å²) in [7, 11) is 1.60. The van der Waals surface area contributed by atoms with Crippen molar-refractivity contribution in [3.63, 3.8) is 0 Å². The van der Waals surface area contributed by atoms with E-state index in [-0.39, 0.29) is 11.9 Å². The first-order valence-corrected chi connectivity index (χ1v) is 9.96. The zero-order valence-electron chi connectivity index (χ0n) is 17.2. The second-order valence-electron chi connectivity index (χ2n) is 7.14. The Bertz CT molecular complexity index is 892. The predicted octanol–water partition coefficient (Wildman–Crippen LogP) is 3.92. The van der Waals surface area contributed by atoms with Crippen molar-refractivity contribution in [2.45, 2.75) is 12.2 Å². The molecule has 2 aromatic carbocycles. The van der Waals surface area contributed by atoms with Crippen molar-refractivity contribution in [2.75, 3.05) is 40.0 Å². The second-order valence-corrected chi connectivity index (χ2v) is 7.14. The third-order valence-corrected chi connectivity index (χ3v) is 5.10. The number of benzene rings is 2. The predicted molar refractivity (Wildman–Crippen MR) is 112 cm³/mol. The molecule has 1 fully saturated rings. The summed E-state index contributed by atoms with van der Waals surface area (Å²) < 4.78 is 49.2. The van der Waals surface area contributed by atoms with Crippen LogP contribution in [0.15, 0.2) is 54.6 Å². The molecule has 0 saturated carbocycles. The Hall–Kier alpha value is -2.84. The van der Waals surface area contributed by atoms with Crippen molar-refractivity contribution >= 4 is 12.0 Å². The number of alkyl halides is 3. The minimum absolute atomic E-state index is 0.0549. The highest BCUT2D eigenvalue weighted by molar-refractivity contribution is 5.91. The maximum Gasteiger partial charge on any atom is 0.416 e. The maximum absolute atomic E-state index is 12.8. The van der Waals surface area contributed by atoms with Crippen molar-refractivity contribution < 1.29 is 27.4 Å². The van der Waals surface area contributed by atoms with Gasteiger partial charge in [0.25, 0.3) is 0 Å². The van der Waals surface area contributed by atoms with Crippen LogP contribution in [0.4, 0.5) is 13.2 Å². The Morgan fingerprint density at radius 2 is 1.90 bits per heavy atom. The number of nitrogens with one attached hydrogen (secondary N) is 1. The molecule has 1 amide bonds. The van der Waals surface area contributed by atoms with Crippen LogP contribution in [-0.4, -0.2) is 50.8 Å². The third-order valence-electron chi connectivity index (χ3n) is 5.10. The molecule has 1 aliphatic rings. The molecule has 3 rings (SSSR count). The third kappa shape index (κ3) is 6.57. The number of rotatable bonds is 7. The van der Waals surface area contributed by atoms with Gasteiger partial charge in [0.15, 0.2) is 0 Å². The lowest BCUT2D eigenvalue weighted by Crippen LogP contribution is -2.43. The topological polar surface area (TPSA) is 50.8 Å². The molecule has 1 heterocycles. The summed E-state index contributed by atoms with van der Waals surface area (Å²) in [6, 6.07) is 12.5. The monoisotopic (exact) mass is 434 g/mol. The second kappa shape index (κ2) is 10.5. The molecule has 166 valence electrons. The summed E-state index contributed by atoms with van der Waals surface area (Å²) in [5.41, 5.74) is 0.594. The van der Waals surface area contributed by atoms with E-state index < -0.39 is 11.7 Å². The molecule has 0 bridgehead atoms. The lowest BCUT2D eigenvalue weighted by atomic mass is 10.0. The van der Waals surface area contributed by atoms with Gasteiger partial charge in [-0.05, 0) is 41.5 Å². The Labute approximate surface area is 179 Å². The minimum atomic E-state index is -4.42. The summed E-state index contributed by atoms with van der Waals surface area (Å²) >= 11 is 0. The summed E-state index contributed by atoms with van der Waals surface area (Å²) in [5.74, 6) is 0.377. The fourth-order valence-electron chi connectivity index (χ4n) is 3.42. The number of nitrogens with zero attached hydrogens (tertiary/aromatic N) is 1. The number of carbonyl (C=O) groups excluding carboxylic acids is 1. The van der Waals surface area contributed by atoms with Crippen LogP contribution in [0.1, 0.15) is 22.7 Å². The van der Waals surface area contributed by atoms with E-state index in [1.807, 2.05) is 24.3 Å². The molecular formula is C23H25F3N2O3. The maximum atomic E-state index is 12.8. The number of hydrogen-bond acceptors (Lipinski definition) is 4. The van der Waals surface area contributed by atoms with Gasteiger partial charge in [-0.3, -0.25) is 9.69 Å². The highest BCUT2D eigenvalue weighted by atomic mass is 19.4. The van der Waals surface area contributed by atoms with Crippen molar-refractivity contribution in [1.29, 1.82) is 0 Å². The number of amides is 1. The van der Waals surface area contributed by atoms with E-state index in [1.165, 1.54) is 24.3 Å². The Morgan fingerprint density at radius 3 is 2.55 bits per heavy atom. The van der Waals surface area contributed by atoms with Gasteiger partial charge < -0.3 is 14.8 Å². The first-order valence-electron chi connectivity index (χ1n) is 9.96. The van der Waals surface area contributed by atoms with Gasteiger partial charge >= 0.3 is 6.18 Å². The van der Waals surface area contributed by atoms with E-state index in [0.717, 1.165) is 36.5 Å². The normalized spacial score (nSPS) is 16.3. The molecule has 1 atom stereocenters. The molecule has 5 nitrogen and oxygen atoms in total.